The summed E-state index contributed by atoms with van der Waals surface area (Å²) in [6.07, 6.45) is 15.7. The van der Waals surface area contributed by atoms with E-state index in [4.69, 9.17) is 34.0 Å². The van der Waals surface area contributed by atoms with E-state index in [1.807, 2.05) is 31.2 Å². The van der Waals surface area contributed by atoms with E-state index in [0.29, 0.717) is 41.5 Å². The second-order valence-corrected chi connectivity index (χ2v) is 17.1. The lowest BCUT2D eigenvalue weighted by molar-refractivity contribution is -0.133. The number of hydrogen-bond donors (Lipinski definition) is 2. The fourth-order valence-corrected chi connectivity index (χ4v) is 7.80. The Labute approximate surface area is 304 Å². The predicted molar refractivity (Wildman–Crippen MR) is 204 cm³/mol. The van der Waals surface area contributed by atoms with Crippen molar-refractivity contribution in [3.8, 4) is 0 Å². The van der Waals surface area contributed by atoms with Crippen LogP contribution < -0.4 is 11.2 Å². The van der Waals surface area contributed by atoms with Crippen LogP contribution in [0.15, 0.2) is 66.4 Å². The smallest absolute Gasteiger partial charge is 0.274 e. The van der Waals surface area contributed by atoms with E-state index in [1.54, 1.807) is 0 Å². The molecule has 0 radical (unpaired) electrons. The number of hydrogen-bond acceptors (Lipinski definition) is 6. The molecule has 1 spiro atoms. The van der Waals surface area contributed by atoms with Gasteiger partial charge in [0.2, 0.25) is 5.91 Å². The van der Waals surface area contributed by atoms with E-state index in [-0.39, 0.29) is 46.4 Å². The standard InChI is InChI=1S/C38H59Cl2N7O2/c1-10-11-26(34(48)43-24-32(45-41)46-42-9)13-12-25(2)20-31(16-17-36(3,4)5)47-35(49)33(27-21-29(39)23-30(40)22-27)44-38(47)18-14-28(15-19-38)37(6,7)8/h12-13,21,23,28,30-31H,10-11,14-20,22,24,41H2,1-9H3,(H,43,48)/b25-12+,26-13+,45-32-,46-42?/t28?,30?,31-,38?/m0/s1. The van der Waals surface area contributed by atoms with Gasteiger partial charge in [0.25, 0.3) is 5.91 Å². The molecule has 2 aliphatic carbocycles. The van der Waals surface area contributed by atoms with Gasteiger partial charge in [-0.15, -0.1) is 16.7 Å². The molecule has 1 heterocycles. The van der Waals surface area contributed by atoms with E-state index in [0.717, 1.165) is 56.1 Å². The molecule has 2 atom stereocenters. The Morgan fingerprint density at radius 3 is 2.43 bits per heavy atom. The van der Waals surface area contributed by atoms with Gasteiger partial charge in [-0.05, 0) is 99.2 Å². The third-order valence-electron chi connectivity index (χ3n) is 9.87. The number of nitrogens with two attached hydrogens (primary N) is 1. The summed E-state index contributed by atoms with van der Waals surface area (Å²) in [6.45, 7) is 17.9. The Hall–Kier alpha value is -2.78. The highest BCUT2D eigenvalue weighted by Crippen LogP contribution is 2.49. The lowest BCUT2D eigenvalue weighted by Crippen LogP contribution is -2.54. The van der Waals surface area contributed by atoms with Crippen molar-refractivity contribution in [2.24, 2.45) is 42.9 Å². The maximum atomic E-state index is 14.7. The number of allylic oxidation sites excluding steroid dienone is 5. The molecule has 0 aromatic carbocycles. The predicted octanol–water partition coefficient (Wildman–Crippen LogP) is 8.99. The minimum atomic E-state index is -0.603. The Bertz CT molecular complexity index is 1420. The number of halogens is 2. The van der Waals surface area contributed by atoms with Crippen molar-refractivity contribution >= 4 is 46.6 Å². The van der Waals surface area contributed by atoms with E-state index in [9.17, 15) is 9.59 Å². The monoisotopic (exact) mass is 715 g/mol. The molecule has 3 N–H and O–H groups in total. The van der Waals surface area contributed by atoms with Crippen molar-refractivity contribution in [3.63, 3.8) is 0 Å². The molecule has 1 aliphatic heterocycles. The molecule has 0 bridgehead atoms. The van der Waals surface area contributed by atoms with Crippen LogP contribution in [-0.4, -0.2) is 58.9 Å². The molecule has 11 heteroatoms. The van der Waals surface area contributed by atoms with E-state index < -0.39 is 5.66 Å². The molecule has 2 amide bonds. The minimum absolute atomic E-state index is 0.0226. The molecular weight excluding hydrogens is 657 g/mol. The van der Waals surface area contributed by atoms with Crippen molar-refractivity contribution in [1.29, 1.82) is 0 Å². The summed E-state index contributed by atoms with van der Waals surface area (Å²) in [5.74, 6) is 5.97. The number of azo groups is 1. The first kappa shape index (κ1) is 40.6. The molecule has 272 valence electrons. The maximum Gasteiger partial charge on any atom is 0.274 e. The minimum Gasteiger partial charge on any atom is -0.345 e. The second kappa shape index (κ2) is 17.4. The summed E-state index contributed by atoms with van der Waals surface area (Å²) < 4.78 is 0. The van der Waals surface area contributed by atoms with E-state index in [2.05, 4.69) is 74.0 Å². The Kier molecular flexibility index (Phi) is 14.5. The van der Waals surface area contributed by atoms with E-state index >= 15 is 0 Å². The fourth-order valence-electron chi connectivity index (χ4n) is 7.15. The van der Waals surface area contributed by atoms with E-state index in [1.165, 1.54) is 7.05 Å². The number of nitrogens with zero attached hydrogens (tertiary/aromatic N) is 5. The average Bonchev–Trinajstić information content (AvgIpc) is 3.28. The summed E-state index contributed by atoms with van der Waals surface area (Å²) in [4.78, 5) is 35.3. The van der Waals surface area contributed by atoms with Crippen LogP contribution in [0.3, 0.4) is 0 Å². The van der Waals surface area contributed by atoms with Gasteiger partial charge in [-0.1, -0.05) is 84.2 Å². The van der Waals surface area contributed by atoms with Gasteiger partial charge in [0.15, 0.2) is 5.84 Å². The Balaban J connectivity index is 1.99. The van der Waals surface area contributed by atoms with Crippen molar-refractivity contribution in [2.45, 2.75) is 137 Å². The summed E-state index contributed by atoms with van der Waals surface area (Å²) in [6, 6.07) is -0.0722. The molecule has 0 aromatic heterocycles. The van der Waals surface area contributed by atoms with Crippen LogP contribution in [0.1, 0.15) is 120 Å². The molecule has 49 heavy (non-hydrogen) atoms. The molecule has 1 unspecified atom stereocenters. The van der Waals surface area contributed by atoms with Crippen molar-refractivity contribution in [2.75, 3.05) is 13.6 Å². The number of amidine groups is 1. The lowest BCUT2D eigenvalue weighted by atomic mass is 9.69. The highest BCUT2D eigenvalue weighted by atomic mass is 35.5. The SMILES string of the molecule is CCC/C(=C\C=C(/C)C[C@H](CCC(C)(C)C)N1C(=O)C(C2=CC(Cl)=CC(Cl)C2)=NC12CCC(C(C)(C)C)CC2)C(=O)NC/C(N=NC)=N/N. The normalized spacial score (nSPS) is 25.1. The number of amides is 2. The zero-order valence-electron chi connectivity index (χ0n) is 31.2. The third-order valence-corrected chi connectivity index (χ3v) is 10.4. The van der Waals surface area contributed by atoms with Crippen LogP contribution in [0.25, 0.3) is 0 Å². The van der Waals surface area contributed by atoms with Gasteiger partial charge in [-0.3, -0.25) is 14.6 Å². The molecule has 0 aromatic rings. The third kappa shape index (κ3) is 11.4. The van der Waals surface area contributed by atoms with Crippen molar-refractivity contribution < 1.29 is 9.59 Å². The van der Waals surface area contributed by atoms with Crippen molar-refractivity contribution in [3.05, 3.63) is 46.1 Å². The fraction of sp³-hybridized carbons (Fsp3) is 0.684. The van der Waals surface area contributed by atoms with Gasteiger partial charge >= 0.3 is 0 Å². The second-order valence-electron chi connectivity index (χ2n) is 16.1. The van der Waals surface area contributed by atoms with Gasteiger partial charge in [-0.25, -0.2) is 0 Å². The maximum absolute atomic E-state index is 14.7. The largest absolute Gasteiger partial charge is 0.345 e. The molecule has 0 saturated heterocycles. The molecular formula is C38H59Cl2N7O2. The van der Waals surface area contributed by atoms with Crippen LogP contribution in [0.5, 0.6) is 0 Å². The molecule has 3 rings (SSSR count). The molecule has 1 fully saturated rings. The Morgan fingerprint density at radius 2 is 1.88 bits per heavy atom. The number of carbonyl (C=O) groups excluding carboxylic acids is 2. The summed E-state index contributed by atoms with van der Waals surface area (Å²) >= 11 is 13.0. The molecule has 9 nitrogen and oxygen atoms in total. The van der Waals surface area contributed by atoms with Gasteiger partial charge in [0, 0.05) is 23.7 Å². The van der Waals surface area contributed by atoms with Crippen LogP contribution in [0.4, 0.5) is 0 Å². The number of carbonyl (C=O) groups is 2. The van der Waals surface area contributed by atoms with Gasteiger partial charge in [0.1, 0.15) is 11.4 Å². The Morgan fingerprint density at radius 1 is 1.20 bits per heavy atom. The van der Waals surface area contributed by atoms with Crippen molar-refractivity contribution in [1.82, 2.24) is 10.2 Å². The number of nitrogens with one attached hydrogen (secondary N) is 1. The molecule has 3 aliphatic rings. The first-order valence-electron chi connectivity index (χ1n) is 17.8. The number of aliphatic imine (C=N–C) groups is 1. The zero-order valence-corrected chi connectivity index (χ0v) is 32.7. The lowest BCUT2D eigenvalue weighted by Gasteiger charge is -2.48. The topological polar surface area (TPSA) is 125 Å². The number of rotatable bonds is 12. The number of hydrazone groups is 1. The first-order valence-corrected chi connectivity index (χ1v) is 18.6. The van der Waals surface area contributed by atoms with Gasteiger partial charge in [-0.2, -0.15) is 10.2 Å². The van der Waals surface area contributed by atoms with Crippen LogP contribution in [0.2, 0.25) is 0 Å². The first-order chi connectivity index (χ1) is 22.9. The molecule has 1 saturated carbocycles. The summed E-state index contributed by atoms with van der Waals surface area (Å²) in [5.41, 5.74) is 2.75. The average molecular weight is 717 g/mol. The van der Waals surface area contributed by atoms with Crippen LogP contribution >= 0.6 is 23.2 Å². The quantitative estimate of drug-likeness (QED) is 0.0306. The van der Waals surface area contributed by atoms with Gasteiger partial charge in [0.05, 0.1) is 11.9 Å². The highest BCUT2D eigenvalue weighted by Gasteiger charge is 2.52. The zero-order chi connectivity index (χ0) is 36.6. The summed E-state index contributed by atoms with van der Waals surface area (Å²) in [7, 11) is 1.52. The number of alkyl halides is 1. The van der Waals surface area contributed by atoms with Crippen LogP contribution in [0, 0.1) is 16.7 Å². The summed E-state index contributed by atoms with van der Waals surface area (Å²) in [5, 5.41) is 14.2. The highest BCUT2D eigenvalue weighted by molar-refractivity contribution is 6.47. The van der Waals surface area contributed by atoms with Gasteiger partial charge < -0.3 is 16.1 Å². The van der Waals surface area contributed by atoms with Crippen LogP contribution in [-0.2, 0) is 9.59 Å².